The number of halogens is 3. The van der Waals surface area contributed by atoms with Crippen molar-refractivity contribution in [1.29, 1.82) is 0 Å². The van der Waals surface area contributed by atoms with Crippen LogP contribution in [0.4, 0.5) is 8.78 Å². The number of nitrogens with one attached hydrogen (secondary N) is 2. The molecule has 1 aromatic rings. The number of benzene rings is 1. The van der Waals surface area contributed by atoms with E-state index in [1.165, 1.54) is 7.11 Å². The summed E-state index contributed by atoms with van der Waals surface area (Å²) in [5.74, 6) is 1.60. The van der Waals surface area contributed by atoms with Gasteiger partial charge in [0.15, 0.2) is 17.5 Å². The van der Waals surface area contributed by atoms with Crippen molar-refractivity contribution in [3.63, 3.8) is 0 Å². The molecule has 170 valence electrons. The first-order valence-electron chi connectivity index (χ1n) is 9.74. The number of methoxy groups -OCH3 is 1. The normalized spacial score (nSPS) is 14.9. The van der Waals surface area contributed by atoms with Gasteiger partial charge in [0, 0.05) is 40.2 Å². The molecule has 0 atom stereocenters. The molecule has 1 aliphatic heterocycles. The first kappa shape index (κ1) is 26.2. The fourth-order valence-electron chi connectivity index (χ4n) is 3.43. The molecular weight excluding hydrogens is 509 g/mol. The highest BCUT2D eigenvalue weighted by molar-refractivity contribution is 14.0. The zero-order chi connectivity index (χ0) is 21.2. The Morgan fingerprint density at radius 2 is 2.00 bits per heavy atom. The van der Waals surface area contributed by atoms with E-state index in [-0.39, 0.29) is 41.4 Å². The van der Waals surface area contributed by atoms with Gasteiger partial charge in [-0.15, -0.1) is 24.0 Å². The number of likely N-dealkylation sites (tertiary alicyclic amines) is 1. The number of ether oxygens (including phenoxy) is 2. The van der Waals surface area contributed by atoms with Crippen molar-refractivity contribution in [3.05, 3.63) is 23.8 Å². The lowest BCUT2D eigenvalue weighted by Gasteiger charge is -2.34. The van der Waals surface area contributed by atoms with Crippen LogP contribution in [-0.2, 0) is 11.2 Å². The van der Waals surface area contributed by atoms with Gasteiger partial charge in [0.1, 0.15) is 0 Å². The molecule has 1 fully saturated rings. The highest BCUT2D eigenvalue weighted by atomic mass is 127. The van der Waals surface area contributed by atoms with Crippen LogP contribution in [0.2, 0.25) is 0 Å². The standard InChI is InChI=1S/C20H30F2N4O3.HI/c1-23-18(27)13-15-7-10-26(11-8-15)20(24-2)25-9-6-14-4-5-16(28-3)17(12-14)29-19(21)22;/h4-5,12,15,19H,6-11,13H2,1-3H3,(H,23,27)(H,24,25);1H. The molecule has 0 unspecified atom stereocenters. The third-order valence-electron chi connectivity index (χ3n) is 5.02. The number of hydrogen-bond acceptors (Lipinski definition) is 4. The van der Waals surface area contributed by atoms with Crippen molar-refractivity contribution in [2.24, 2.45) is 10.9 Å². The van der Waals surface area contributed by atoms with Crippen LogP contribution in [0.25, 0.3) is 0 Å². The van der Waals surface area contributed by atoms with Gasteiger partial charge < -0.3 is 25.0 Å². The molecule has 1 heterocycles. The lowest BCUT2D eigenvalue weighted by Crippen LogP contribution is -2.46. The molecule has 30 heavy (non-hydrogen) atoms. The van der Waals surface area contributed by atoms with Crippen LogP contribution in [0, 0.1) is 5.92 Å². The number of guanidine groups is 1. The predicted octanol–water partition coefficient (Wildman–Crippen LogP) is 2.88. The number of rotatable bonds is 8. The van der Waals surface area contributed by atoms with E-state index in [1.54, 1.807) is 26.2 Å². The van der Waals surface area contributed by atoms with Gasteiger partial charge in [0.05, 0.1) is 7.11 Å². The van der Waals surface area contributed by atoms with E-state index in [0.717, 1.165) is 37.5 Å². The highest BCUT2D eigenvalue weighted by Crippen LogP contribution is 2.29. The minimum atomic E-state index is -2.90. The zero-order valence-corrected chi connectivity index (χ0v) is 20.0. The van der Waals surface area contributed by atoms with Gasteiger partial charge in [-0.05, 0) is 42.9 Å². The molecule has 7 nitrogen and oxygen atoms in total. The van der Waals surface area contributed by atoms with E-state index < -0.39 is 6.61 Å². The predicted molar refractivity (Wildman–Crippen MR) is 123 cm³/mol. The number of alkyl halides is 2. The summed E-state index contributed by atoms with van der Waals surface area (Å²) < 4.78 is 34.7. The molecule has 1 saturated heterocycles. The average molecular weight is 540 g/mol. The third-order valence-corrected chi connectivity index (χ3v) is 5.02. The lowest BCUT2D eigenvalue weighted by atomic mass is 9.93. The summed E-state index contributed by atoms with van der Waals surface area (Å²) >= 11 is 0. The fourth-order valence-corrected chi connectivity index (χ4v) is 3.43. The van der Waals surface area contributed by atoms with Gasteiger partial charge in [-0.1, -0.05) is 6.07 Å². The van der Waals surface area contributed by atoms with Gasteiger partial charge in [-0.2, -0.15) is 8.78 Å². The second-order valence-corrected chi connectivity index (χ2v) is 6.90. The highest BCUT2D eigenvalue weighted by Gasteiger charge is 2.23. The van der Waals surface area contributed by atoms with Crippen molar-refractivity contribution in [1.82, 2.24) is 15.5 Å². The number of amides is 1. The van der Waals surface area contributed by atoms with Crippen molar-refractivity contribution < 1.29 is 23.0 Å². The molecule has 0 spiro atoms. The monoisotopic (exact) mass is 540 g/mol. The maximum Gasteiger partial charge on any atom is 0.387 e. The van der Waals surface area contributed by atoms with E-state index in [2.05, 4.69) is 25.3 Å². The van der Waals surface area contributed by atoms with Crippen molar-refractivity contribution in [2.45, 2.75) is 32.3 Å². The maximum absolute atomic E-state index is 12.6. The van der Waals surface area contributed by atoms with Crippen LogP contribution in [-0.4, -0.2) is 64.2 Å². The van der Waals surface area contributed by atoms with E-state index in [1.807, 2.05) is 6.07 Å². The van der Waals surface area contributed by atoms with Crippen LogP contribution >= 0.6 is 24.0 Å². The molecule has 0 bridgehead atoms. The SMILES string of the molecule is CN=C(NCCc1ccc(OC)c(OC(F)F)c1)N1CCC(CC(=O)NC)CC1.I. The van der Waals surface area contributed by atoms with Crippen LogP contribution < -0.4 is 20.1 Å². The Bertz CT molecular complexity index is 699. The number of aliphatic imine (C=N–C) groups is 1. The Balaban J connectivity index is 0.00000450. The quantitative estimate of drug-likeness (QED) is 0.302. The summed E-state index contributed by atoms with van der Waals surface area (Å²) in [5, 5.41) is 5.99. The second-order valence-electron chi connectivity index (χ2n) is 6.90. The number of hydrogen-bond donors (Lipinski definition) is 2. The molecule has 1 aromatic carbocycles. The number of carbonyl (C=O) groups is 1. The van der Waals surface area contributed by atoms with E-state index in [9.17, 15) is 13.6 Å². The van der Waals surface area contributed by atoms with Gasteiger partial charge in [-0.25, -0.2) is 0 Å². The third kappa shape index (κ3) is 8.11. The van der Waals surface area contributed by atoms with Crippen LogP contribution in [0.3, 0.4) is 0 Å². The van der Waals surface area contributed by atoms with Crippen molar-refractivity contribution in [2.75, 3.05) is 40.8 Å². The molecule has 2 N–H and O–H groups in total. The van der Waals surface area contributed by atoms with Gasteiger partial charge in [-0.3, -0.25) is 9.79 Å². The molecule has 2 rings (SSSR count). The van der Waals surface area contributed by atoms with Gasteiger partial charge >= 0.3 is 6.61 Å². The first-order valence-corrected chi connectivity index (χ1v) is 9.74. The second kappa shape index (κ2) is 13.5. The molecule has 0 saturated carbocycles. The number of piperidine rings is 1. The Hall–Kier alpha value is -1.85. The van der Waals surface area contributed by atoms with E-state index in [0.29, 0.717) is 25.3 Å². The summed E-state index contributed by atoms with van der Waals surface area (Å²) in [6, 6.07) is 5.02. The molecule has 1 amide bonds. The summed E-state index contributed by atoms with van der Waals surface area (Å²) in [7, 11) is 4.81. The molecule has 1 aliphatic rings. The van der Waals surface area contributed by atoms with E-state index >= 15 is 0 Å². The fraction of sp³-hybridized carbons (Fsp3) is 0.600. The molecule has 10 heteroatoms. The Morgan fingerprint density at radius 3 is 2.57 bits per heavy atom. The summed E-state index contributed by atoms with van der Waals surface area (Å²) in [5.41, 5.74) is 0.855. The Kier molecular flexibility index (Phi) is 11.7. The van der Waals surface area contributed by atoms with Crippen molar-refractivity contribution >= 4 is 35.8 Å². The molecular formula is C20H31F2IN4O3. The summed E-state index contributed by atoms with van der Waals surface area (Å²) in [6.45, 7) is -0.611. The van der Waals surface area contributed by atoms with Gasteiger partial charge in [0.25, 0.3) is 0 Å². The first-order chi connectivity index (χ1) is 14.0. The minimum Gasteiger partial charge on any atom is -0.493 e. The Morgan fingerprint density at radius 1 is 1.30 bits per heavy atom. The number of nitrogens with zero attached hydrogens (tertiary/aromatic N) is 2. The smallest absolute Gasteiger partial charge is 0.387 e. The maximum atomic E-state index is 12.6. The van der Waals surface area contributed by atoms with Crippen LogP contribution in [0.5, 0.6) is 11.5 Å². The minimum absolute atomic E-state index is 0. The van der Waals surface area contributed by atoms with Crippen LogP contribution in [0.15, 0.2) is 23.2 Å². The summed E-state index contributed by atoms with van der Waals surface area (Å²) in [4.78, 5) is 18.0. The van der Waals surface area contributed by atoms with Crippen LogP contribution in [0.1, 0.15) is 24.8 Å². The number of carbonyl (C=O) groups excluding carboxylic acids is 1. The van der Waals surface area contributed by atoms with Gasteiger partial charge in [0.2, 0.25) is 5.91 Å². The molecule has 0 radical (unpaired) electrons. The Labute approximate surface area is 193 Å². The zero-order valence-electron chi connectivity index (χ0n) is 17.6. The topological polar surface area (TPSA) is 75.2 Å². The summed E-state index contributed by atoms with van der Waals surface area (Å²) in [6.07, 6.45) is 3.08. The largest absolute Gasteiger partial charge is 0.493 e. The van der Waals surface area contributed by atoms with E-state index in [4.69, 9.17) is 4.74 Å². The molecule has 0 aliphatic carbocycles. The lowest BCUT2D eigenvalue weighted by molar-refractivity contribution is -0.121. The average Bonchev–Trinajstić information content (AvgIpc) is 2.71. The molecule has 0 aromatic heterocycles. The van der Waals surface area contributed by atoms with Crippen molar-refractivity contribution in [3.8, 4) is 11.5 Å².